The molecule has 0 saturated carbocycles. The molecule has 0 spiro atoms. The Morgan fingerprint density at radius 1 is 1.15 bits per heavy atom. The molecule has 1 N–H and O–H groups in total. The maximum atomic E-state index is 12.5. The lowest BCUT2D eigenvalue weighted by atomic mass is 10.1. The predicted octanol–water partition coefficient (Wildman–Crippen LogP) is 3.03. The van der Waals surface area contributed by atoms with E-state index in [1.807, 2.05) is 70.8 Å². The molecule has 2 heterocycles. The van der Waals surface area contributed by atoms with Gasteiger partial charge in [-0.2, -0.15) is 5.10 Å². The van der Waals surface area contributed by atoms with Crippen molar-refractivity contribution in [2.24, 2.45) is 7.05 Å². The number of nitrogens with zero attached hydrogens (tertiary/aromatic N) is 4. The Labute approximate surface area is 159 Å². The molecule has 0 fully saturated rings. The first-order chi connectivity index (χ1) is 12.9. The third-order valence-corrected chi connectivity index (χ3v) is 4.34. The van der Waals surface area contributed by atoms with Crippen LogP contribution in [-0.2, 0) is 13.6 Å². The number of nitrogens with one attached hydrogen (secondary N) is 1. The van der Waals surface area contributed by atoms with Crippen molar-refractivity contribution in [3.8, 4) is 11.3 Å². The Morgan fingerprint density at radius 2 is 1.89 bits per heavy atom. The van der Waals surface area contributed by atoms with E-state index in [1.54, 1.807) is 10.9 Å². The molecule has 0 radical (unpaired) electrons. The van der Waals surface area contributed by atoms with E-state index in [-0.39, 0.29) is 11.9 Å². The van der Waals surface area contributed by atoms with Crippen molar-refractivity contribution < 1.29 is 4.79 Å². The summed E-state index contributed by atoms with van der Waals surface area (Å²) in [5, 5.41) is 7.14. The van der Waals surface area contributed by atoms with Crippen molar-refractivity contribution in [3.05, 3.63) is 71.7 Å². The number of aryl methyl sites for hydroxylation is 1. The van der Waals surface area contributed by atoms with Gasteiger partial charge in [-0.25, -0.2) is 0 Å². The minimum absolute atomic E-state index is 0.100. The quantitative estimate of drug-likeness (QED) is 0.731. The zero-order chi connectivity index (χ0) is 19.4. The van der Waals surface area contributed by atoms with Gasteiger partial charge in [-0.05, 0) is 44.8 Å². The maximum absolute atomic E-state index is 12.5. The minimum atomic E-state index is -0.104. The Balaban J connectivity index is 1.66. The molecule has 1 amide bonds. The highest BCUT2D eigenvalue weighted by Crippen LogP contribution is 2.19. The van der Waals surface area contributed by atoms with E-state index in [2.05, 4.69) is 26.4 Å². The number of hydrogen-bond donors (Lipinski definition) is 1. The first-order valence-corrected chi connectivity index (χ1v) is 8.92. The van der Waals surface area contributed by atoms with Crippen LogP contribution in [0.2, 0.25) is 0 Å². The molecule has 0 aliphatic carbocycles. The van der Waals surface area contributed by atoms with Crippen LogP contribution in [0.3, 0.4) is 0 Å². The third-order valence-electron chi connectivity index (χ3n) is 4.34. The lowest BCUT2D eigenvalue weighted by molar-refractivity contribution is 0.0940. The molecule has 0 saturated heterocycles. The molecule has 1 atom stereocenters. The lowest BCUT2D eigenvalue weighted by Crippen LogP contribution is -2.26. The lowest BCUT2D eigenvalue weighted by Gasteiger charge is -2.12. The van der Waals surface area contributed by atoms with Crippen molar-refractivity contribution in [2.75, 3.05) is 14.1 Å². The smallest absolute Gasteiger partial charge is 0.251 e. The maximum Gasteiger partial charge on any atom is 0.251 e. The summed E-state index contributed by atoms with van der Waals surface area (Å²) in [6, 6.07) is 11.5. The highest BCUT2D eigenvalue weighted by molar-refractivity contribution is 5.94. The summed E-state index contributed by atoms with van der Waals surface area (Å²) < 4.78 is 1.73. The fraction of sp³-hybridized carbons (Fsp3) is 0.286. The predicted molar refractivity (Wildman–Crippen MR) is 106 cm³/mol. The fourth-order valence-electron chi connectivity index (χ4n) is 2.87. The van der Waals surface area contributed by atoms with Crippen molar-refractivity contribution in [2.45, 2.75) is 19.5 Å². The van der Waals surface area contributed by atoms with Gasteiger partial charge in [0.1, 0.15) is 0 Å². The first-order valence-electron chi connectivity index (χ1n) is 8.92. The van der Waals surface area contributed by atoms with Gasteiger partial charge in [0.2, 0.25) is 0 Å². The van der Waals surface area contributed by atoms with Gasteiger partial charge in [0.15, 0.2) is 0 Å². The topological polar surface area (TPSA) is 63.1 Å². The second kappa shape index (κ2) is 8.14. The second-order valence-electron chi connectivity index (χ2n) is 7.01. The SMILES string of the molecule is CC(NC(=O)c1ccc(-c2ccc(CN(C)C)cn2)cc1)c1cnn(C)c1. The van der Waals surface area contributed by atoms with E-state index in [9.17, 15) is 4.79 Å². The van der Waals surface area contributed by atoms with Crippen molar-refractivity contribution in [1.29, 1.82) is 0 Å². The standard InChI is InChI=1S/C21H25N5O/c1-15(19-12-23-26(4)14-19)24-21(27)18-8-6-17(7-9-18)20-10-5-16(11-22-20)13-25(2)3/h5-12,14-15H,13H2,1-4H3,(H,24,27). The van der Waals surface area contributed by atoms with Crippen LogP contribution in [0.4, 0.5) is 0 Å². The number of carbonyl (C=O) groups excluding carboxylic acids is 1. The van der Waals surface area contributed by atoms with Crippen LogP contribution in [0.5, 0.6) is 0 Å². The van der Waals surface area contributed by atoms with E-state index in [0.717, 1.165) is 23.4 Å². The fourth-order valence-corrected chi connectivity index (χ4v) is 2.87. The number of rotatable bonds is 6. The molecule has 1 unspecified atom stereocenters. The summed E-state index contributed by atoms with van der Waals surface area (Å²) in [6.07, 6.45) is 5.56. The largest absolute Gasteiger partial charge is 0.345 e. The van der Waals surface area contributed by atoms with Crippen molar-refractivity contribution in [3.63, 3.8) is 0 Å². The Kier molecular flexibility index (Phi) is 5.66. The van der Waals surface area contributed by atoms with Gasteiger partial charge in [-0.15, -0.1) is 0 Å². The van der Waals surface area contributed by atoms with E-state index in [1.165, 1.54) is 5.56 Å². The minimum Gasteiger partial charge on any atom is -0.345 e. The summed E-state index contributed by atoms with van der Waals surface area (Å²) in [6.45, 7) is 2.81. The molecular formula is C21H25N5O. The summed E-state index contributed by atoms with van der Waals surface area (Å²) in [5.41, 5.74) is 4.66. The second-order valence-corrected chi connectivity index (χ2v) is 7.01. The molecule has 6 heteroatoms. The van der Waals surface area contributed by atoms with Crippen LogP contribution in [0, 0.1) is 0 Å². The first kappa shape index (κ1) is 18.8. The summed E-state index contributed by atoms with van der Waals surface area (Å²) >= 11 is 0. The average Bonchev–Trinajstić information content (AvgIpc) is 3.08. The van der Waals surface area contributed by atoms with Crippen LogP contribution in [0.25, 0.3) is 11.3 Å². The Hall–Kier alpha value is -2.99. The third kappa shape index (κ3) is 4.80. The number of carbonyl (C=O) groups is 1. The normalized spacial score (nSPS) is 12.2. The zero-order valence-corrected chi connectivity index (χ0v) is 16.2. The van der Waals surface area contributed by atoms with Gasteiger partial charge in [0.25, 0.3) is 5.91 Å². The number of benzene rings is 1. The Morgan fingerprint density at radius 3 is 2.44 bits per heavy atom. The van der Waals surface area contributed by atoms with Gasteiger partial charge in [0.05, 0.1) is 17.9 Å². The zero-order valence-electron chi connectivity index (χ0n) is 16.2. The van der Waals surface area contributed by atoms with Crippen LogP contribution in [0.15, 0.2) is 55.0 Å². The van der Waals surface area contributed by atoms with Gasteiger partial charge in [-0.3, -0.25) is 14.5 Å². The molecule has 3 aromatic rings. The van der Waals surface area contributed by atoms with E-state index < -0.39 is 0 Å². The van der Waals surface area contributed by atoms with E-state index in [0.29, 0.717) is 5.56 Å². The molecule has 27 heavy (non-hydrogen) atoms. The highest BCUT2D eigenvalue weighted by atomic mass is 16.1. The van der Waals surface area contributed by atoms with Crippen molar-refractivity contribution >= 4 is 5.91 Å². The molecule has 140 valence electrons. The van der Waals surface area contributed by atoms with Gasteiger partial charge in [0, 0.05) is 42.7 Å². The number of hydrogen-bond acceptors (Lipinski definition) is 4. The van der Waals surface area contributed by atoms with Gasteiger partial charge < -0.3 is 10.2 Å². The average molecular weight is 363 g/mol. The van der Waals surface area contributed by atoms with Gasteiger partial charge >= 0.3 is 0 Å². The monoisotopic (exact) mass is 363 g/mol. The molecule has 1 aromatic carbocycles. The summed E-state index contributed by atoms with van der Waals surface area (Å²) in [5.74, 6) is -0.104. The summed E-state index contributed by atoms with van der Waals surface area (Å²) in [4.78, 5) is 19.1. The van der Waals surface area contributed by atoms with E-state index in [4.69, 9.17) is 0 Å². The van der Waals surface area contributed by atoms with Crippen LogP contribution < -0.4 is 5.32 Å². The molecule has 0 aliphatic rings. The van der Waals surface area contributed by atoms with Crippen molar-refractivity contribution in [1.82, 2.24) is 25.0 Å². The highest BCUT2D eigenvalue weighted by Gasteiger charge is 2.13. The molecule has 6 nitrogen and oxygen atoms in total. The Bertz CT molecular complexity index is 897. The van der Waals surface area contributed by atoms with Crippen LogP contribution >= 0.6 is 0 Å². The van der Waals surface area contributed by atoms with Gasteiger partial charge in [-0.1, -0.05) is 18.2 Å². The molecule has 0 bridgehead atoms. The molecule has 2 aromatic heterocycles. The van der Waals surface area contributed by atoms with Crippen LogP contribution in [0.1, 0.15) is 34.5 Å². The van der Waals surface area contributed by atoms with E-state index >= 15 is 0 Å². The number of pyridine rings is 1. The molecule has 3 rings (SSSR count). The number of amides is 1. The molecular weight excluding hydrogens is 338 g/mol. The number of aromatic nitrogens is 3. The summed E-state index contributed by atoms with van der Waals surface area (Å²) in [7, 11) is 5.93. The van der Waals surface area contributed by atoms with Crippen LogP contribution in [-0.4, -0.2) is 39.7 Å². The molecule has 0 aliphatic heterocycles.